The number of pyridine rings is 2. The third-order valence-electron chi connectivity index (χ3n) is 3.18. The Kier molecular flexibility index (Phi) is 4.88. The maximum absolute atomic E-state index is 12.4. The molecule has 0 aliphatic rings. The molecule has 3 aromatic rings. The lowest BCUT2D eigenvalue weighted by Crippen LogP contribution is -2.25. The summed E-state index contributed by atoms with van der Waals surface area (Å²) < 4.78 is 38.9. The molecule has 0 aromatic carbocycles. The predicted molar refractivity (Wildman–Crippen MR) is 85.2 cm³/mol. The molecule has 0 aliphatic carbocycles. The molecule has 25 heavy (non-hydrogen) atoms. The molecule has 0 fully saturated rings. The van der Waals surface area contributed by atoms with Crippen molar-refractivity contribution in [2.75, 3.05) is 5.75 Å². The summed E-state index contributed by atoms with van der Waals surface area (Å²) in [6.07, 6.45) is -1.23. The van der Waals surface area contributed by atoms with E-state index in [0.717, 1.165) is 0 Å². The van der Waals surface area contributed by atoms with Crippen LogP contribution >= 0.6 is 11.8 Å². The Morgan fingerprint density at radius 1 is 1.20 bits per heavy atom. The van der Waals surface area contributed by atoms with Gasteiger partial charge in [-0.15, -0.1) is 10.2 Å². The molecule has 10 heteroatoms. The van der Waals surface area contributed by atoms with Gasteiger partial charge in [-0.25, -0.2) is 4.98 Å². The minimum Gasteiger partial charge on any atom is -0.345 e. The van der Waals surface area contributed by atoms with Crippen molar-refractivity contribution < 1.29 is 18.0 Å². The van der Waals surface area contributed by atoms with Gasteiger partial charge in [0.15, 0.2) is 11.5 Å². The SMILES string of the molecule is O=C(NCc1nnc2ccccn12)c1cccnc1SCC(F)(F)F. The van der Waals surface area contributed by atoms with Gasteiger partial charge in [0.05, 0.1) is 17.9 Å². The molecular weight excluding hydrogens is 355 g/mol. The molecule has 3 rings (SSSR count). The number of thioether (sulfide) groups is 1. The first kappa shape index (κ1) is 17.2. The summed E-state index contributed by atoms with van der Waals surface area (Å²) in [5.41, 5.74) is 0.722. The lowest BCUT2D eigenvalue weighted by Gasteiger charge is -2.10. The Bertz CT molecular complexity index is 896. The van der Waals surface area contributed by atoms with Crippen LogP contribution in [0.3, 0.4) is 0 Å². The highest BCUT2D eigenvalue weighted by Gasteiger charge is 2.28. The largest absolute Gasteiger partial charge is 0.398 e. The van der Waals surface area contributed by atoms with E-state index in [2.05, 4.69) is 20.5 Å². The Labute approximate surface area is 144 Å². The Morgan fingerprint density at radius 2 is 2.04 bits per heavy atom. The number of nitrogens with zero attached hydrogens (tertiary/aromatic N) is 4. The van der Waals surface area contributed by atoms with Crippen LogP contribution in [0.5, 0.6) is 0 Å². The van der Waals surface area contributed by atoms with Crippen molar-refractivity contribution in [1.29, 1.82) is 0 Å². The third kappa shape index (κ3) is 4.27. The summed E-state index contributed by atoms with van der Waals surface area (Å²) in [5.74, 6) is -1.12. The molecule has 1 N–H and O–H groups in total. The average Bonchev–Trinajstić information content (AvgIpc) is 3.01. The molecule has 1 amide bonds. The number of carbonyl (C=O) groups is 1. The van der Waals surface area contributed by atoms with Crippen LogP contribution in [0.2, 0.25) is 0 Å². The minimum atomic E-state index is -4.34. The van der Waals surface area contributed by atoms with E-state index in [1.807, 2.05) is 6.07 Å². The van der Waals surface area contributed by atoms with Crippen molar-refractivity contribution in [1.82, 2.24) is 24.9 Å². The first-order valence-corrected chi connectivity index (χ1v) is 8.14. The van der Waals surface area contributed by atoms with Crippen LogP contribution in [-0.2, 0) is 6.54 Å². The van der Waals surface area contributed by atoms with Gasteiger partial charge in [0.25, 0.3) is 5.91 Å². The number of halogens is 3. The summed E-state index contributed by atoms with van der Waals surface area (Å²) >= 11 is 0.478. The first-order chi connectivity index (χ1) is 11.9. The van der Waals surface area contributed by atoms with E-state index in [-0.39, 0.29) is 17.1 Å². The van der Waals surface area contributed by atoms with Crippen LogP contribution < -0.4 is 5.32 Å². The van der Waals surface area contributed by atoms with Crippen molar-refractivity contribution >= 4 is 23.3 Å². The van der Waals surface area contributed by atoms with Gasteiger partial charge >= 0.3 is 6.18 Å². The highest BCUT2D eigenvalue weighted by Crippen LogP contribution is 2.28. The smallest absolute Gasteiger partial charge is 0.345 e. The fraction of sp³-hybridized carbons (Fsp3) is 0.200. The zero-order valence-corrected chi connectivity index (χ0v) is 13.5. The maximum Gasteiger partial charge on any atom is 0.398 e. The molecular formula is C15H12F3N5OS. The Hall–Kier alpha value is -2.62. The van der Waals surface area contributed by atoms with Crippen LogP contribution in [0.4, 0.5) is 13.2 Å². The van der Waals surface area contributed by atoms with Gasteiger partial charge in [-0.2, -0.15) is 13.2 Å². The molecule has 0 bridgehead atoms. The summed E-state index contributed by atoms with van der Waals surface area (Å²) in [7, 11) is 0. The summed E-state index contributed by atoms with van der Waals surface area (Å²) in [6.45, 7) is 0.0856. The molecule has 0 spiro atoms. The van der Waals surface area contributed by atoms with Gasteiger partial charge in [-0.05, 0) is 24.3 Å². The number of nitrogens with one attached hydrogen (secondary N) is 1. The number of carbonyl (C=O) groups excluding carboxylic acids is 1. The normalized spacial score (nSPS) is 11.6. The second-order valence-corrected chi connectivity index (χ2v) is 5.95. The quantitative estimate of drug-likeness (QED) is 0.702. The molecule has 3 aromatic heterocycles. The second-order valence-electron chi connectivity index (χ2n) is 4.99. The van der Waals surface area contributed by atoms with Crippen LogP contribution in [0.1, 0.15) is 16.2 Å². The first-order valence-electron chi connectivity index (χ1n) is 7.15. The molecule has 3 heterocycles. The molecule has 0 saturated heterocycles. The number of rotatable bonds is 5. The second kappa shape index (κ2) is 7.09. The molecule has 0 aliphatic heterocycles. The van der Waals surface area contributed by atoms with Crippen molar-refractivity contribution in [3.05, 3.63) is 54.1 Å². The number of hydrogen-bond donors (Lipinski definition) is 1. The Balaban J connectivity index is 1.71. The van der Waals surface area contributed by atoms with E-state index < -0.39 is 17.8 Å². The Morgan fingerprint density at radius 3 is 2.84 bits per heavy atom. The standard InChI is InChI=1S/C15H12F3N5OS/c16-15(17,18)9-25-14-10(4-3-6-19-14)13(24)20-8-12-22-21-11-5-1-2-7-23(11)12/h1-7H,8-9H2,(H,20,24). The van der Waals surface area contributed by atoms with Crippen LogP contribution in [-0.4, -0.2) is 37.4 Å². The lowest BCUT2D eigenvalue weighted by atomic mass is 10.2. The van der Waals surface area contributed by atoms with Gasteiger partial charge in [-0.1, -0.05) is 17.8 Å². The highest BCUT2D eigenvalue weighted by molar-refractivity contribution is 7.99. The number of alkyl halides is 3. The van der Waals surface area contributed by atoms with E-state index in [9.17, 15) is 18.0 Å². The summed E-state index contributed by atoms with van der Waals surface area (Å²) in [5, 5.41) is 10.6. The third-order valence-corrected chi connectivity index (χ3v) is 4.25. The molecule has 0 saturated carbocycles. The maximum atomic E-state index is 12.4. The van der Waals surface area contributed by atoms with Crippen molar-refractivity contribution in [3.8, 4) is 0 Å². The molecule has 0 radical (unpaired) electrons. The average molecular weight is 367 g/mol. The zero-order chi connectivity index (χ0) is 17.9. The van der Waals surface area contributed by atoms with Crippen molar-refractivity contribution in [2.24, 2.45) is 0 Å². The van der Waals surface area contributed by atoms with Crippen LogP contribution in [0.25, 0.3) is 5.65 Å². The van der Waals surface area contributed by atoms with Gasteiger partial charge in [0, 0.05) is 12.4 Å². The molecule has 130 valence electrons. The van der Waals surface area contributed by atoms with E-state index in [0.29, 0.717) is 23.2 Å². The fourth-order valence-corrected chi connectivity index (χ4v) is 2.85. The van der Waals surface area contributed by atoms with E-state index in [1.54, 1.807) is 22.7 Å². The highest BCUT2D eigenvalue weighted by atomic mass is 32.2. The fourth-order valence-electron chi connectivity index (χ4n) is 2.09. The molecule has 0 atom stereocenters. The van der Waals surface area contributed by atoms with Crippen molar-refractivity contribution in [3.63, 3.8) is 0 Å². The predicted octanol–water partition coefficient (Wildman–Crippen LogP) is 2.71. The van der Waals surface area contributed by atoms with E-state index in [1.165, 1.54) is 18.3 Å². The van der Waals surface area contributed by atoms with Gasteiger partial charge in [-0.3, -0.25) is 9.20 Å². The number of amides is 1. The number of hydrogen-bond acceptors (Lipinski definition) is 5. The topological polar surface area (TPSA) is 72.2 Å². The molecule has 6 nitrogen and oxygen atoms in total. The van der Waals surface area contributed by atoms with Gasteiger partial charge < -0.3 is 5.32 Å². The minimum absolute atomic E-state index is 0.0310. The number of aromatic nitrogens is 4. The van der Waals surface area contributed by atoms with Crippen LogP contribution in [0.15, 0.2) is 47.8 Å². The van der Waals surface area contributed by atoms with Crippen LogP contribution in [0, 0.1) is 0 Å². The van der Waals surface area contributed by atoms with Gasteiger partial charge in [0.2, 0.25) is 0 Å². The monoisotopic (exact) mass is 367 g/mol. The zero-order valence-electron chi connectivity index (χ0n) is 12.7. The van der Waals surface area contributed by atoms with Gasteiger partial charge in [0.1, 0.15) is 5.03 Å². The van der Waals surface area contributed by atoms with E-state index >= 15 is 0 Å². The van der Waals surface area contributed by atoms with Crippen molar-refractivity contribution in [2.45, 2.75) is 17.7 Å². The molecule has 0 unspecified atom stereocenters. The summed E-state index contributed by atoms with van der Waals surface area (Å²) in [4.78, 5) is 16.2. The van der Waals surface area contributed by atoms with E-state index in [4.69, 9.17) is 0 Å². The lowest BCUT2D eigenvalue weighted by molar-refractivity contribution is -0.105. The number of fused-ring (bicyclic) bond motifs is 1. The summed E-state index contributed by atoms with van der Waals surface area (Å²) in [6, 6.07) is 8.31.